The second kappa shape index (κ2) is 10.9. The number of benzene rings is 2. The van der Waals surface area contributed by atoms with Gasteiger partial charge >= 0.3 is 5.97 Å². The molecule has 0 aliphatic carbocycles. The number of para-hydroxylation sites is 1. The number of rotatable bonds is 9. The number of hydrogen-bond donors (Lipinski definition) is 1. The number of thiol groups is 1. The zero-order valence-electron chi connectivity index (χ0n) is 17.9. The number of esters is 1. The van der Waals surface area contributed by atoms with Crippen LogP contribution in [-0.4, -0.2) is 24.9 Å². The molecule has 30 heavy (non-hydrogen) atoms. The first-order chi connectivity index (χ1) is 14.6. The van der Waals surface area contributed by atoms with E-state index in [0.29, 0.717) is 18.0 Å². The molecule has 3 nitrogen and oxygen atoms in total. The molecular formula is C25H32FNO2S. The van der Waals surface area contributed by atoms with Crippen LogP contribution in [0.2, 0.25) is 0 Å². The van der Waals surface area contributed by atoms with Crippen LogP contribution in [-0.2, 0) is 16.2 Å². The maximum atomic E-state index is 13.1. The quantitative estimate of drug-likeness (QED) is 0.378. The highest BCUT2D eigenvalue weighted by atomic mass is 32.1. The van der Waals surface area contributed by atoms with Crippen LogP contribution in [0.5, 0.6) is 0 Å². The summed E-state index contributed by atoms with van der Waals surface area (Å²) in [5, 5.41) is 0. The average molecular weight is 430 g/mol. The first-order valence-electron chi connectivity index (χ1n) is 10.8. The standard InChI is InChI=1S/C25H32FNO2S/c1-3-6-21(13-14-30)27-23-8-5-4-7-22(23)20(16-25(28)29-2)15-24(27)19-11-9-18(17-26)10-12-19/h4-5,7-12,20-21,24,30H,3,6,13-17H2,1-2H3/t20-,21+,24+/m1/s1. The summed E-state index contributed by atoms with van der Waals surface area (Å²) in [5.41, 5.74) is 4.25. The molecule has 0 unspecified atom stereocenters. The minimum Gasteiger partial charge on any atom is -0.469 e. The zero-order chi connectivity index (χ0) is 21.5. The normalized spacial score (nSPS) is 19.3. The van der Waals surface area contributed by atoms with E-state index in [1.807, 2.05) is 30.3 Å². The Morgan fingerprint density at radius 3 is 2.57 bits per heavy atom. The van der Waals surface area contributed by atoms with Gasteiger partial charge in [0.2, 0.25) is 0 Å². The molecule has 162 valence electrons. The first kappa shape index (κ1) is 22.7. The Morgan fingerprint density at radius 1 is 1.20 bits per heavy atom. The number of halogens is 1. The van der Waals surface area contributed by atoms with E-state index in [4.69, 9.17) is 4.74 Å². The Morgan fingerprint density at radius 2 is 1.93 bits per heavy atom. The van der Waals surface area contributed by atoms with E-state index >= 15 is 0 Å². The lowest BCUT2D eigenvalue weighted by Crippen LogP contribution is -2.43. The second-order valence-corrected chi connectivity index (χ2v) is 8.47. The van der Waals surface area contributed by atoms with Crippen molar-refractivity contribution < 1.29 is 13.9 Å². The molecule has 2 aromatic rings. The fraction of sp³-hybridized carbons (Fsp3) is 0.480. The van der Waals surface area contributed by atoms with E-state index in [0.717, 1.165) is 37.0 Å². The summed E-state index contributed by atoms with van der Waals surface area (Å²) in [7, 11) is 1.44. The topological polar surface area (TPSA) is 29.5 Å². The molecule has 0 saturated carbocycles. The Bertz CT molecular complexity index is 820. The van der Waals surface area contributed by atoms with Gasteiger partial charge in [0.15, 0.2) is 0 Å². The zero-order valence-corrected chi connectivity index (χ0v) is 18.8. The van der Waals surface area contributed by atoms with Crippen LogP contribution in [0.25, 0.3) is 0 Å². The molecular weight excluding hydrogens is 397 g/mol. The fourth-order valence-corrected chi connectivity index (χ4v) is 5.00. The largest absolute Gasteiger partial charge is 0.469 e. The van der Waals surface area contributed by atoms with E-state index in [1.165, 1.54) is 18.4 Å². The van der Waals surface area contributed by atoms with E-state index < -0.39 is 6.67 Å². The Labute approximate surface area is 185 Å². The van der Waals surface area contributed by atoms with Crippen molar-refractivity contribution in [2.24, 2.45) is 0 Å². The summed E-state index contributed by atoms with van der Waals surface area (Å²) < 4.78 is 18.1. The molecule has 0 saturated heterocycles. The number of carbonyl (C=O) groups is 1. The summed E-state index contributed by atoms with van der Waals surface area (Å²) in [5.74, 6) is 0.729. The molecule has 0 N–H and O–H groups in total. The van der Waals surface area contributed by atoms with Gasteiger partial charge in [-0.05, 0) is 53.7 Å². The molecule has 0 fully saturated rings. The van der Waals surface area contributed by atoms with Crippen molar-refractivity contribution in [1.82, 2.24) is 0 Å². The monoisotopic (exact) mass is 429 g/mol. The predicted molar refractivity (Wildman–Crippen MR) is 124 cm³/mol. The molecule has 1 heterocycles. The van der Waals surface area contributed by atoms with Gasteiger partial charge in [-0.3, -0.25) is 4.79 Å². The Hall–Kier alpha value is -2.01. The van der Waals surface area contributed by atoms with E-state index in [9.17, 15) is 9.18 Å². The average Bonchev–Trinajstić information content (AvgIpc) is 2.78. The van der Waals surface area contributed by atoms with Gasteiger partial charge in [-0.1, -0.05) is 55.8 Å². The van der Waals surface area contributed by atoms with Gasteiger partial charge in [0.25, 0.3) is 0 Å². The lowest BCUT2D eigenvalue weighted by atomic mass is 9.80. The lowest BCUT2D eigenvalue weighted by molar-refractivity contribution is -0.141. The molecule has 1 aliphatic heterocycles. The third-order valence-electron chi connectivity index (χ3n) is 6.14. The number of carbonyl (C=O) groups excluding carboxylic acids is 1. The molecule has 5 heteroatoms. The molecule has 3 atom stereocenters. The van der Waals surface area contributed by atoms with E-state index in [1.54, 1.807) is 0 Å². The minimum absolute atomic E-state index is 0.0917. The van der Waals surface area contributed by atoms with Crippen molar-refractivity contribution in [2.45, 2.75) is 63.7 Å². The number of hydrogen-bond acceptors (Lipinski definition) is 4. The third kappa shape index (κ3) is 5.00. The van der Waals surface area contributed by atoms with Gasteiger partial charge in [-0.2, -0.15) is 12.6 Å². The Balaban J connectivity index is 2.08. The van der Waals surface area contributed by atoms with E-state index in [2.05, 4.69) is 42.7 Å². The molecule has 0 aromatic heterocycles. The van der Waals surface area contributed by atoms with Crippen molar-refractivity contribution in [1.29, 1.82) is 0 Å². The number of anilines is 1. The number of methoxy groups -OCH3 is 1. The highest BCUT2D eigenvalue weighted by Crippen LogP contribution is 2.48. The van der Waals surface area contributed by atoms with Crippen LogP contribution in [0.3, 0.4) is 0 Å². The summed E-state index contributed by atoms with van der Waals surface area (Å²) in [4.78, 5) is 14.7. The first-order valence-corrected chi connectivity index (χ1v) is 11.5. The fourth-order valence-electron chi connectivity index (χ4n) is 4.71. The molecule has 0 amide bonds. The smallest absolute Gasteiger partial charge is 0.306 e. The molecule has 3 rings (SSSR count). The number of ether oxygens (including phenoxy) is 1. The summed E-state index contributed by atoms with van der Waals surface area (Å²) in [6.07, 6.45) is 4.36. The maximum absolute atomic E-state index is 13.1. The molecule has 0 spiro atoms. The second-order valence-electron chi connectivity index (χ2n) is 8.02. The summed E-state index contributed by atoms with van der Waals surface area (Å²) >= 11 is 4.53. The van der Waals surface area contributed by atoms with Gasteiger partial charge in [-0.25, -0.2) is 4.39 Å². The number of nitrogens with zero attached hydrogens (tertiary/aromatic N) is 1. The van der Waals surface area contributed by atoms with Crippen molar-refractivity contribution in [2.75, 3.05) is 17.8 Å². The van der Waals surface area contributed by atoms with Gasteiger partial charge in [0.05, 0.1) is 19.6 Å². The Kier molecular flexibility index (Phi) is 8.20. The van der Waals surface area contributed by atoms with Crippen LogP contribution in [0.4, 0.5) is 10.1 Å². The van der Waals surface area contributed by atoms with E-state index in [-0.39, 0.29) is 17.9 Å². The molecule has 2 aromatic carbocycles. The van der Waals surface area contributed by atoms with Gasteiger partial charge in [0, 0.05) is 11.7 Å². The summed E-state index contributed by atoms with van der Waals surface area (Å²) in [6, 6.07) is 16.7. The van der Waals surface area contributed by atoms with Gasteiger partial charge in [0.1, 0.15) is 6.67 Å². The van der Waals surface area contributed by atoms with Crippen molar-refractivity contribution in [3.63, 3.8) is 0 Å². The molecule has 0 bridgehead atoms. The predicted octanol–water partition coefficient (Wildman–Crippen LogP) is 6.24. The van der Waals surface area contributed by atoms with Crippen LogP contribution in [0.15, 0.2) is 48.5 Å². The summed E-state index contributed by atoms with van der Waals surface area (Å²) in [6.45, 7) is 1.76. The highest BCUT2D eigenvalue weighted by Gasteiger charge is 2.37. The van der Waals surface area contributed by atoms with Crippen LogP contribution in [0, 0.1) is 0 Å². The number of alkyl halides is 1. The van der Waals surface area contributed by atoms with Crippen molar-refractivity contribution >= 4 is 24.3 Å². The van der Waals surface area contributed by atoms with Gasteiger partial charge < -0.3 is 9.64 Å². The molecule has 1 aliphatic rings. The number of fused-ring (bicyclic) bond motifs is 1. The highest BCUT2D eigenvalue weighted by molar-refractivity contribution is 7.80. The van der Waals surface area contributed by atoms with Gasteiger partial charge in [-0.15, -0.1) is 0 Å². The maximum Gasteiger partial charge on any atom is 0.306 e. The SMILES string of the molecule is CCC[C@@H](CCS)N1c2ccccc2[C@@H](CC(=O)OC)C[C@H]1c1ccc(CF)cc1. The van der Waals surface area contributed by atoms with Crippen LogP contribution < -0.4 is 4.90 Å². The minimum atomic E-state index is -0.458. The van der Waals surface area contributed by atoms with Crippen LogP contribution in [0.1, 0.15) is 67.7 Å². The van der Waals surface area contributed by atoms with Crippen molar-refractivity contribution in [3.8, 4) is 0 Å². The lowest BCUT2D eigenvalue weighted by Gasteiger charge is -2.47. The molecule has 0 radical (unpaired) electrons. The third-order valence-corrected chi connectivity index (χ3v) is 6.39. The van der Waals surface area contributed by atoms with Crippen LogP contribution >= 0.6 is 12.6 Å². The van der Waals surface area contributed by atoms with Crippen molar-refractivity contribution in [3.05, 3.63) is 65.2 Å².